The molecular formula is C24H23NO3S. The van der Waals surface area contributed by atoms with Gasteiger partial charge in [-0.25, -0.2) is 4.79 Å². The normalized spacial score (nSPS) is 20.6. The fourth-order valence-electron chi connectivity index (χ4n) is 4.52. The van der Waals surface area contributed by atoms with Gasteiger partial charge in [-0.15, -0.1) is 11.8 Å². The smallest absolute Gasteiger partial charge is 0.330 e. The third-order valence-corrected chi connectivity index (χ3v) is 7.31. The molecule has 4 nitrogen and oxygen atoms in total. The van der Waals surface area contributed by atoms with Crippen LogP contribution < -0.4 is 5.56 Å². The lowest BCUT2D eigenvalue weighted by Gasteiger charge is -2.18. The SMILES string of the molecule is COC(=O)[C@@H]1C(C)Sc2c(C3CC3)c(Cc3cccc4ccccc34)cc(=O)n21. The standard InChI is InChI=1S/C24H23NO3S/c1-14-22(24(27)28-2)25-20(26)13-18(21(16-10-11-16)23(25)29-14)12-17-8-5-7-15-6-3-4-9-19(15)17/h3-9,13-14,16,22H,10-12H2,1-2H3/t14?,22-/m0/s1. The van der Waals surface area contributed by atoms with Crippen LogP contribution in [0.25, 0.3) is 10.8 Å². The van der Waals surface area contributed by atoms with E-state index in [9.17, 15) is 9.59 Å². The lowest BCUT2D eigenvalue weighted by atomic mass is 9.95. The number of carbonyl (C=O) groups excluding carboxylic acids is 1. The highest BCUT2D eigenvalue weighted by Crippen LogP contribution is 2.50. The molecule has 0 saturated heterocycles. The summed E-state index contributed by atoms with van der Waals surface area (Å²) in [6, 6.07) is 15.9. The van der Waals surface area contributed by atoms with Gasteiger partial charge in [0.2, 0.25) is 0 Å². The first-order chi connectivity index (χ1) is 14.1. The Hall–Kier alpha value is -2.53. The van der Waals surface area contributed by atoms with Crippen LogP contribution in [0, 0.1) is 0 Å². The molecule has 2 heterocycles. The second-order valence-electron chi connectivity index (χ2n) is 7.98. The van der Waals surface area contributed by atoms with E-state index in [1.165, 1.54) is 29.0 Å². The largest absolute Gasteiger partial charge is 0.467 e. The first-order valence-electron chi connectivity index (χ1n) is 10.1. The second kappa shape index (κ2) is 7.06. The highest BCUT2D eigenvalue weighted by molar-refractivity contribution is 8.00. The molecule has 0 radical (unpaired) electrons. The highest BCUT2D eigenvalue weighted by atomic mass is 32.2. The summed E-state index contributed by atoms with van der Waals surface area (Å²) in [7, 11) is 1.39. The monoisotopic (exact) mass is 405 g/mol. The minimum atomic E-state index is -0.545. The molecule has 1 fully saturated rings. The molecule has 2 atom stereocenters. The van der Waals surface area contributed by atoms with E-state index in [4.69, 9.17) is 4.74 Å². The first-order valence-corrected chi connectivity index (χ1v) is 11.0. The third kappa shape index (κ3) is 3.08. The maximum Gasteiger partial charge on any atom is 0.330 e. The van der Waals surface area contributed by atoms with Crippen LogP contribution in [-0.2, 0) is 16.0 Å². The Kier molecular flexibility index (Phi) is 4.50. The van der Waals surface area contributed by atoms with Gasteiger partial charge in [0.1, 0.15) is 6.04 Å². The number of hydrogen-bond donors (Lipinski definition) is 0. The Bertz CT molecular complexity index is 1170. The van der Waals surface area contributed by atoms with E-state index in [1.54, 1.807) is 22.4 Å². The molecule has 1 aromatic heterocycles. The topological polar surface area (TPSA) is 48.3 Å². The Labute approximate surface area is 173 Å². The molecule has 0 N–H and O–H groups in total. The molecule has 0 amide bonds. The number of rotatable bonds is 4. The van der Waals surface area contributed by atoms with Crippen molar-refractivity contribution in [3.63, 3.8) is 0 Å². The summed E-state index contributed by atoms with van der Waals surface area (Å²) in [6.45, 7) is 2.00. The van der Waals surface area contributed by atoms with E-state index in [2.05, 4.69) is 42.5 Å². The van der Waals surface area contributed by atoms with Crippen molar-refractivity contribution in [2.75, 3.05) is 7.11 Å². The lowest BCUT2D eigenvalue weighted by Crippen LogP contribution is -2.32. The first kappa shape index (κ1) is 18.5. The zero-order valence-electron chi connectivity index (χ0n) is 16.6. The fourth-order valence-corrected chi connectivity index (χ4v) is 5.98. The van der Waals surface area contributed by atoms with Gasteiger partial charge in [0, 0.05) is 11.3 Å². The van der Waals surface area contributed by atoms with E-state index in [0.29, 0.717) is 5.92 Å². The number of aromatic nitrogens is 1. The quantitative estimate of drug-likeness (QED) is 0.592. The van der Waals surface area contributed by atoms with Crippen LogP contribution in [0.3, 0.4) is 0 Å². The van der Waals surface area contributed by atoms with Crippen molar-refractivity contribution in [1.29, 1.82) is 0 Å². The molecule has 1 saturated carbocycles. The van der Waals surface area contributed by atoms with Crippen molar-refractivity contribution in [2.24, 2.45) is 0 Å². The zero-order chi connectivity index (χ0) is 20.1. The lowest BCUT2D eigenvalue weighted by molar-refractivity contribution is -0.144. The minimum absolute atomic E-state index is 0.0135. The Balaban J connectivity index is 1.66. The second-order valence-corrected chi connectivity index (χ2v) is 9.34. The van der Waals surface area contributed by atoms with Gasteiger partial charge >= 0.3 is 5.97 Å². The van der Waals surface area contributed by atoms with Gasteiger partial charge in [0.25, 0.3) is 5.56 Å². The number of benzene rings is 2. The van der Waals surface area contributed by atoms with Crippen LogP contribution in [0.4, 0.5) is 0 Å². The zero-order valence-corrected chi connectivity index (χ0v) is 17.4. The van der Waals surface area contributed by atoms with Crippen molar-refractivity contribution in [3.05, 3.63) is 75.6 Å². The molecule has 29 heavy (non-hydrogen) atoms. The molecule has 1 aliphatic carbocycles. The maximum absolute atomic E-state index is 13.1. The van der Waals surface area contributed by atoms with E-state index in [-0.39, 0.29) is 16.8 Å². The Morgan fingerprint density at radius 3 is 2.66 bits per heavy atom. The van der Waals surface area contributed by atoms with Gasteiger partial charge in [-0.05, 0) is 52.6 Å². The van der Waals surface area contributed by atoms with Crippen LogP contribution >= 0.6 is 11.8 Å². The van der Waals surface area contributed by atoms with Gasteiger partial charge in [0.05, 0.1) is 12.1 Å². The third-order valence-electron chi connectivity index (χ3n) is 6.04. The minimum Gasteiger partial charge on any atom is -0.467 e. The average molecular weight is 406 g/mol. The Morgan fingerprint density at radius 2 is 1.90 bits per heavy atom. The predicted octanol–water partition coefficient (Wildman–Crippen LogP) is 4.68. The Morgan fingerprint density at radius 1 is 1.14 bits per heavy atom. The van der Waals surface area contributed by atoms with Crippen molar-refractivity contribution in [3.8, 4) is 0 Å². The van der Waals surface area contributed by atoms with Crippen LogP contribution in [0.5, 0.6) is 0 Å². The molecule has 5 rings (SSSR count). The molecule has 1 unspecified atom stereocenters. The van der Waals surface area contributed by atoms with Gasteiger partial charge in [-0.1, -0.05) is 49.4 Å². The van der Waals surface area contributed by atoms with E-state index < -0.39 is 6.04 Å². The molecule has 3 aromatic rings. The molecule has 148 valence electrons. The van der Waals surface area contributed by atoms with Gasteiger partial charge in [0.15, 0.2) is 0 Å². The average Bonchev–Trinajstić information content (AvgIpc) is 3.49. The van der Waals surface area contributed by atoms with E-state index in [0.717, 1.165) is 29.9 Å². The number of ether oxygens (including phenoxy) is 1. The summed E-state index contributed by atoms with van der Waals surface area (Å²) < 4.78 is 6.68. The van der Waals surface area contributed by atoms with Crippen molar-refractivity contribution >= 4 is 28.5 Å². The van der Waals surface area contributed by atoms with Crippen molar-refractivity contribution in [2.45, 2.75) is 48.4 Å². The van der Waals surface area contributed by atoms with Crippen LogP contribution in [-0.4, -0.2) is 22.9 Å². The molecule has 5 heteroatoms. The number of methoxy groups -OCH3 is 1. The molecule has 1 aliphatic heterocycles. The molecule has 2 aliphatic rings. The summed E-state index contributed by atoms with van der Waals surface area (Å²) in [5.74, 6) is 0.146. The summed E-state index contributed by atoms with van der Waals surface area (Å²) in [4.78, 5) is 25.5. The van der Waals surface area contributed by atoms with Gasteiger partial charge in [-0.3, -0.25) is 9.36 Å². The number of esters is 1. The van der Waals surface area contributed by atoms with Gasteiger partial charge < -0.3 is 4.74 Å². The summed E-state index contributed by atoms with van der Waals surface area (Å²) in [5, 5.41) is 3.40. The van der Waals surface area contributed by atoms with E-state index >= 15 is 0 Å². The van der Waals surface area contributed by atoms with Crippen LogP contribution in [0.2, 0.25) is 0 Å². The summed E-state index contributed by atoms with van der Waals surface area (Å²) in [6.07, 6.45) is 3.02. The maximum atomic E-state index is 13.1. The fraction of sp³-hybridized carbons (Fsp3) is 0.333. The van der Waals surface area contributed by atoms with Crippen LogP contribution in [0.1, 0.15) is 48.4 Å². The van der Waals surface area contributed by atoms with Gasteiger partial charge in [-0.2, -0.15) is 0 Å². The van der Waals surface area contributed by atoms with Crippen molar-refractivity contribution < 1.29 is 9.53 Å². The number of hydrogen-bond acceptors (Lipinski definition) is 4. The number of carbonyl (C=O) groups is 1. The molecular weight excluding hydrogens is 382 g/mol. The van der Waals surface area contributed by atoms with Crippen LogP contribution in [0.15, 0.2) is 58.4 Å². The number of fused-ring (bicyclic) bond motifs is 2. The van der Waals surface area contributed by atoms with Crippen molar-refractivity contribution in [1.82, 2.24) is 4.57 Å². The highest BCUT2D eigenvalue weighted by Gasteiger charge is 2.42. The summed E-state index contributed by atoms with van der Waals surface area (Å²) in [5.41, 5.74) is 3.49. The molecule has 2 aromatic carbocycles. The molecule has 0 bridgehead atoms. The number of nitrogens with zero attached hydrogens (tertiary/aromatic N) is 1. The molecule has 0 spiro atoms. The number of thioether (sulfide) groups is 1. The van der Waals surface area contributed by atoms with E-state index in [1.807, 2.05) is 6.92 Å². The number of pyridine rings is 1. The summed E-state index contributed by atoms with van der Waals surface area (Å²) >= 11 is 1.64. The predicted molar refractivity (Wildman–Crippen MR) is 116 cm³/mol.